The molecule has 0 aliphatic heterocycles. The molecule has 0 aromatic heterocycles. The first kappa shape index (κ1) is 12.3. The molecule has 0 atom stereocenters. The maximum atomic E-state index is 5.39. The Labute approximate surface area is 80.0 Å². The highest BCUT2D eigenvalue weighted by Gasteiger charge is 2.06. The lowest BCUT2D eigenvalue weighted by Crippen LogP contribution is -2.20. The van der Waals surface area contributed by atoms with Crippen molar-refractivity contribution in [1.82, 2.24) is 0 Å². The molecule has 0 bridgehead atoms. The van der Waals surface area contributed by atoms with Crippen molar-refractivity contribution in [2.24, 2.45) is 0 Å². The SMILES string of the molecule is CCCSCC(OCC)OCC. The van der Waals surface area contributed by atoms with E-state index in [0.717, 1.165) is 19.0 Å². The maximum absolute atomic E-state index is 5.39. The van der Waals surface area contributed by atoms with E-state index in [0.29, 0.717) is 0 Å². The monoisotopic (exact) mass is 192 g/mol. The Kier molecular flexibility index (Phi) is 9.57. The first-order chi connectivity index (χ1) is 5.85. The van der Waals surface area contributed by atoms with Gasteiger partial charge in [-0.3, -0.25) is 0 Å². The number of hydrogen-bond donors (Lipinski definition) is 0. The molecule has 0 N–H and O–H groups in total. The van der Waals surface area contributed by atoms with Crippen LogP contribution < -0.4 is 0 Å². The van der Waals surface area contributed by atoms with E-state index in [4.69, 9.17) is 9.47 Å². The summed E-state index contributed by atoms with van der Waals surface area (Å²) in [4.78, 5) is 0. The Morgan fingerprint density at radius 2 is 1.67 bits per heavy atom. The highest BCUT2D eigenvalue weighted by molar-refractivity contribution is 7.99. The minimum atomic E-state index is -0.00319. The van der Waals surface area contributed by atoms with E-state index in [1.54, 1.807) is 0 Å². The molecule has 0 aromatic rings. The van der Waals surface area contributed by atoms with E-state index in [9.17, 15) is 0 Å². The molecule has 0 radical (unpaired) electrons. The Balaban J connectivity index is 3.34. The largest absolute Gasteiger partial charge is 0.352 e. The molecule has 0 spiro atoms. The molecule has 0 amide bonds. The molecule has 12 heavy (non-hydrogen) atoms. The second kappa shape index (κ2) is 9.36. The predicted octanol–water partition coefficient (Wildman–Crippen LogP) is 2.53. The van der Waals surface area contributed by atoms with Gasteiger partial charge in [-0.05, 0) is 26.0 Å². The van der Waals surface area contributed by atoms with Crippen LogP contribution in [0.3, 0.4) is 0 Å². The molecule has 0 saturated carbocycles. The minimum absolute atomic E-state index is 0.00319. The quantitative estimate of drug-likeness (QED) is 0.435. The topological polar surface area (TPSA) is 18.5 Å². The predicted molar refractivity (Wildman–Crippen MR) is 54.7 cm³/mol. The third kappa shape index (κ3) is 6.95. The molecule has 0 aliphatic rings. The number of hydrogen-bond acceptors (Lipinski definition) is 3. The first-order valence-corrected chi connectivity index (χ1v) is 5.81. The summed E-state index contributed by atoms with van der Waals surface area (Å²) >= 11 is 1.89. The van der Waals surface area contributed by atoms with Gasteiger partial charge in [0.1, 0.15) is 0 Å². The summed E-state index contributed by atoms with van der Waals surface area (Å²) < 4.78 is 10.8. The fraction of sp³-hybridized carbons (Fsp3) is 1.00. The van der Waals surface area contributed by atoms with E-state index in [1.165, 1.54) is 12.2 Å². The highest BCUT2D eigenvalue weighted by atomic mass is 32.2. The highest BCUT2D eigenvalue weighted by Crippen LogP contribution is 2.08. The minimum Gasteiger partial charge on any atom is -0.352 e. The van der Waals surface area contributed by atoms with Gasteiger partial charge in [0.2, 0.25) is 0 Å². The fourth-order valence-corrected chi connectivity index (χ4v) is 1.68. The van der Waals surface area contributed by atoms with Crippen molar-refractivity contribution in [2.45, 2.75) is 33.5 Å². The zero-order chi connectivity index (χ0) is 9.23. The van der Waals surface area contributed by atoms with Crippen molar-refractivity contribution >= 4 is 11.8 Å². The molecule has 0 aromatic carbocycles. The molecular formula is C9H20O2S. The molecule has 0 fully saturated rings. The van der Waals surface area contributed by atoms with Gasteiger partial charge in [0, 0.05) is 19.0 Å². The van der Waals surface area contributed by atoms with E-state index in [-0.39, 0.29) is 6.29 Å². The van der Waals surface area contributed by atoms with Crippen LogP contribution in [0.5, 0.6) is 0 Å². The van der Waals surface area contributed by atoms with Crippen LogP contribution in [0.1, 0.15) is 27.2 Å². The first-order valence-electron chi connectivity index (χ1n) is 4.66. The Hall–Kier alpha value is 0.270. The lowest BCUT2D eigenvalue weighted by atomic mass is 10.6. The Morgan fingerprint density at radius 3 is 2.08 bits per heavy atom. The molecule has 2 nitrogen and oxygen atoms in total. The van der Waals surface area contributed by atoms with Crippen LogP contribution in [0, 0.1) is 0 Å². The van der Waals surface area contributed by atoms with Gasteiger partial charge in [-0.1, -0.05) is 6.92 Å². The smallest absolute Gasteiger partial charge is 0.166 e. The lowest BCUT2D eigenvalue weighted by Gasteiger charge is -2.15. The van der Waals surface area contributed by atoms with Gasteiger partial charge in [-0.15, -0.1) is 0 Å². The zero-order valence-electron chi connectivity index (χ0n) is 8.34. The van der Waals surface area contributed by atoms with Gasteiger partial charge < -0.3 is 9.47 Å². The van der Waals surface area contributed by atoms with Crippen LogP contribution >= 0.6 is 11.8 Å². The molecular weight excluding hydrogens is 172 g/mol. The summed E-state index contributed by atoms with van der Waals surface area (Å²) in [6, 6.07) is 0. The van der Waals surface area contributed by atoms with Crippen molar-refractivity contribution in [2.75, 3.05) is 24.7 Å². The molecule has 0 aliphatic carbocycles. The molecule has 0 unspecified atom stereocenters. The number of thioether (sulfide) groups is 1. The number of ether oxygens (including phenoxy) is 2. The van der Waals surface area contributed by atoms with Gasteiger partial charge in [0.15, 0.2) is 6.29 Å². The third-order valence-corrected chi connectivity index (χ3v) is 2.51. The summed E-state index contributed by atoms with van der Waals surface area (Å²) in [7, 11) is 0. The molecule has 0 heterocycles. The fourth-order valence-electron chi connectivity index (χ4n) is 0.840. The second-order valence-corrected chi connectivity index (χ2v) is 3.56. The maximum Gasteiger partial charge on any atom is 0.166 e. The van der Waals surface area contributed by atoms with E-state index >= 15 is 0 Å². The normalized spacial score (nSPS) is 11.0. The van der Waals surface area contributed by atoms with Gasteiger partial charge >= 0.3 is 0 Å². The Bertz CT molecular complexity index is 82.6. The third-order valence-electron chi connectivity index (χ3n) is 1.31. The summed E-state index contributed by atoms with van der Waals surface area (Å²) in [6.45, 7) is 7.64. The van der Waals surface area contributed by atoms with Crippen molar-refractivity contribution < 1.29 is 9.47 Å². The Morgan fingerprint density at radius 1 is 1.08 bits per heavy atom. The molecule has 3 heteroatoms. The van der Waals surface area contributed by atoms with Crippen molar-refractivity contribution in [1.29, 1.82) is 0 Å². The summed E-state index contributed by atoms with van der Waals surface area (Å²) in [5.41, 5.74) is 0. The summed E-state index contributed by atoms with van der Waals surface area (Å²) in [5.74, 6) is 2.15. The lowest BCUT2D eigenvalue weighted by molar-refractivity contribution is -0.120. The molecule has 0 rings (SSSR count). The van der Waals surface area contributed by atoms with Crippen LogP contribution in [0.15, 0.2) is 0 Å². The second-order valence-electron chi connectivity index (χ2n) is 2.42. The van der Waals surface area contributed by atoms with Crippen molar-refractivity contribution in [3.05, 3.63) is 0 Å². The van der Waals surface area contributed by atoms with Crippen LogP contribution in [-0.4, -0.2) is 31.0 Å². The van der Waals surface area contributed by atoms with Crippen LogP contribution in [0.2, 0.25) is 0 Å². The van der Waals surface area contributed by atoms with Crippen LogP contribution in [-0.2, 0) is 9.47 Å². The van der Waals surface area contributed by atoms with Gasteiger partial charge in [-0.2, -0.15) is 11.8 Å². The van der Waals surface area contributed by atoms with Crippen LogP contribution in [0.25, 0.3) is 0 Å². The van der Waals surface area contributed by atoms with Crippen LogP contribution in [0.4, 0.5) is 0 Å². The summed E-state index contributed by atoms with van der Waals surface area (Å²) in [5, 5.41) is 0. The van der Waals surface area contributed by atoms with E-state index in [1.807, 2.05) is 25.6 Å². The van der Waals surface area contributed by atoms with Gasteiger partial charge in [-0.25, -0.2) is 0 Å². The van der Waals surface area contributed by atoms with E-state index in [2.05, 4.69) is 6.92 Å². The van der Waals surface area contributed by atoms with Crippen molar-refractivity contribution in [3.63, 3.8) is 0 Å². The van der Waals surface area contributed by atoms with Crippen molar-refractivity contribution in [3.8, 4) is 0 Å². The molecule has 0 saturated heterocycles. The summed E-state index contributed by atoms with van der Waals surface area (Å²) in [6.07, 6.45) is 1.21. The average Bonchev–Trinajstić information content (AvgIpc) is 2.06. The number of rotatable bonds is 8. The average molecular weight is 192 g/mol. The zero-order valence-corrected chi connectivity index (χ0v) is 9.15. The molecule has 74 valence electrons. The van der Waals surface area contributed by atoms with Gasteiger partial charge in [0.05, 0.1) is 0 Å². The van der Waals surface area contributed by atoms with Gasteiger partial charge in [0.25, 0.3) is 0 Å². The van der Waals surface area contributed by atoms with E-state index < -0.39 is 0 Å². The standard InChI is InChI=1S/C9H20O2S/c1-4-7-12-8-9(10-5-2)11-6-3/h9H,4-8H2,1-3H3.